The van der Waals surface area contributed by atoms with Gasteiger partial charge in [0.1, 0.15) is 0 Å². The Morgan fingerprint density at radius 2 is 1.22 bits per heavy atom. The van der Waals surface area contributed by atoms with Gasteiger partial charge >= 0.3 is 0 Å². The van der Waals surface area contributed by atoms with Crippen molar-refractivity contribution >= 4 is 48.6 Å². The number of hydrogen-bond acceptors (Lipinski definition) is 2. The zero-order chi connectivity index (χ0) is 32.4. The Morgan fingerprint density at radius 3 is 2.14 bits per heavy atom. The van der Waals surface area contributed by atoms with Crippen LogP contribution in [0.2, 0.25) is 0 Å². The Morgan fingerprint density at radius 1 is 0.510 bits per heavy atom. The summed E-state index contributed by atoms with van der Waals surface area (Å²) in [5.74, 6) is 1.65. The zero-order valence-corrected chi connectivity index (χ0v) is 28.8. The third kappa shape index (κ3) is 4.71. The van der Waals surface area contributed by atoms with Gasteiger partial charge in [0.25, 0.3) is 0 Å². The van der Waals surface area contributed by atoms with E-state index in [9.17, 15) is 0 Å². The van der Waals surface area contributed by atoms with Crippen molar-refractivity contribution in [1.82, 2.24) is 0 Å². The molecule has 240 valence electrons. The molecule has 2 bridgehead atoms. The van der Waals surface area contributed by atoms with Crippen LogP contribution in [0.15, 0.2) is 140 Å². The van der Waals surface area contributed by atoms with Gasteiger partial charge in [-0.1, -0.05) is 117 Å². The van der Waals surface area contributed by atoms with Gasteiger partial charge in [0.15, 0.2) is 0 Å². The first kappa shape index (κ1) is 29.3. The summed E-state index contributed by atoms with van der Waals surface area (Å²) in [5.41, 5.74) is 12.3. The maximum absolute atomic E-state index is 2.53. The summed E-state index contributed by atoms with van der Waals surface area (Å²) >= 11 is 1.88. The van der Waals surface area contributed by atoms with E-state index in [0.29, 0.717) is 0 Å². The van der Waals surface area contributed by atoms with Gasteiger partial charge in [0.05, 0.1) is 0 Å². The van der Waals surface area contributed by atoms with Crippen LogP contribution in [0.3, 0.4) is 0 Å². The van der Waals surface area contributed by atoms with Crippen molar-refractivity contribution in [1.29, 1.82) is 0 Å². The molecule has 0 amide bonds. The van der Waals surface area contributed by atoms with E-state index >= 15 is 0 Å². The molecular formula is C47H41NS. The smallest absolute Gasteiger partial charge is 0.0468 e. The van der Waals surface area contributed by atoms with Crippen molar-refractivity contribution < 1.29 is 0 Å². The lowest BCUT2D eigenvalue weighted by molar-refractivity contribution is 0.152. The van der Waals surface area contributed by atoms with E-state index in [-0.39, 0.29) is 5.41 Å². The lowest BCUT2D eigenvalue weighted by Gasteiger charge is -2.46. The maximum Gasteiger partial charge on any atom is 0.0468 e. The van der Waals surface area contributed by atoms with Crippen molar-refractivity contribution in [3.05, 3.63) is 151 Å². The van der Waals surface area contributed by atoms with E-state index in [1.807, 2.05) is 11.3 Å². The Kier molecular flexibility index (Phi) is 7.02. The summed E-state index contributed by atoms with van der Waals surface area (Å²) in [4.78, 5) is 2.45. The molecule has 2 fully saturated rings. The molecule has 1 nitrogen and oxygen atoms in total. The first-order chi connectivity index (χ1) is 24.3. The molecule has 1 aromatic heterocycles. The van der Waals surface area contributed by atoms with Crippen molar-refractivity contribution in [3.8, 4) is 22.3 Å². The van der Waals surface area contributed by atoms with Gasteiger partial charge in [-0.25, -0.2) is 0 Å². The molecule has 6 aromatic carbocycles. The molecule has 1 heterocycles. The number of fused-ring (bicyclic) bond motifs is 11. The average molecular weight is 652 g/mol. The summed E-state index contributed by atoms with van der Waals surface area (Å²) < 4.78 is 2.70. The molecule has 0 radical (unpaired) electrons. The first-order valence-electron chi connectivity index (χ1n) is 18.4. The van der Waals surface area contributed by atoms with Gasteiger partial charge in [0, 0.05) is 42.6 Å². The molecule has 10 rings (SSSR count). The van der Waals surface area contributed by atoms with E-state index < -0.39 is 0 Å². The van der Waals surface area contributed by atoms with Crippen LogP contribution in [0.4, 0.5) is 17.1 Å². The summed E-state index contributed by atoms with van der Waals surface area (Å²) in [6.45, 7) is 0. The zero-order valence-electron chi connectivity index (χ0n) is 27.9. The summed E-state index contributed by atoms with van der Waals surface area (Å²) in [5, 5.41) is 2.69. The summed E-state index contributed by atoms with van der Waals surface area (Å²) in [7, 11) is 0. The Hall–Kier alpha value is -4.66. The monoisotopic (exact) mass is 651 g/mol. The molecule has 0 aliphatic heterocycles. The molecule has 49 heavy (non-hydrogen) atoms. The topological polar surface area (TPSA) is 3.24 Å². The number of nitrogens with zero attached hydrogens (tertiary/aromatic N) is 1. The van der Waals surface area contributed by atoms with E-state index in [1.54, 1.807) is 11.1 Å². The normalized spacial score (nSPS) is 21.3. The summed E-state index contributed by atoms with van der Waals surface area (Å²) in [6.07, 6.45) is 11.0. The van der Waals surface area contributed by atoms with Gasteiger partial charge in [0.2, 0.25) is 0 Å². The lowest BCUT2D eigenvalue weighted by Crippen LogP contribution is -2.39. The number of rotatable bonds is 4. The molecule has 3 unspecified atom stereocenters. The minimum Gasteiger partial charge on any atom is -0.310 e. The van der Waals surface area contributed by atoms with Crippen LogP contribution in [0.25, 0.3) is 42.4 Å². The Bertz CT molecular complexity index is 2320. The van der Waals surface area contributed by atoms with Gasteiger partial charge < -0.3 is 4.90 Å². The first-order valence-corrected chi connectivity index (χ1v) is 19.2. The number of hydrogen-bond donors (Lipinski definition) is 0. The van der Waals surface area contributed by atoms with Crippen LogP contribution in [0.5, 0.6) is 0 Å². The molecule has 1 spiro atoms. The fraction of sp³-hybridized carbons (Fsp3) is 0.234. The molecule has 2 heteroatoms. The lowest BCUT2D eigenvalue weighted by atomic mass is 9.58. The predicted octanol–water partition coefficient (Wildman–Crippen LogP) is 13.8. The fourth-order valence-corrected chi connectivity index (χ4v) is 11.1. The third-order valence-electron chi connectivity index (χ3n) is 12.2. The molecule has 3 atom stereocenters. The highest BCUT2D eigenvalue weighted by Crippen LogP contribution is 2.60. The minimum atomic E-state index is 0.150. The second kappa shape index (κ2) is 11.7. The number of benzene rings is 6. The Labute approximate surface area is 293 Å². The minimum absolute atomic E-state index is 0.150. The van der Waals surface area contributed by atoms with Gasteiger partial charge in [-0.2, -0.15) is 0 Å². The molecule has 3 aliphatic carbocycles. The average Bonchev–Trinajstić information content (AvgIpc) is 3.67. The highest BCUT2D eigenvalue weighted by atomic mass is 32.1. The van der Waals surface area contributed by atoms with E-state index in [2.05, 4.69) is 144 Å². The SMILES string of the molecule is c1ccc(N(c2ccc(-c3ccc4sc5ccccc5c4c3)cc2)c2ccc3c(c2)-c2ccccc2C32CCCCC3CCCC2C3)cc1. The molecule has 3 aliphatic rings. The highest BCUT2D eigenvalue weighted by molar-refractivity contribution is 7.25. The van der Waals surface area contributed by atoms with Crippen molar-refractivity contribution in [2.75, 3.05) is 4.90 Å². The van der Waals surface area contributed by atoms with E-state index in [4.69, 9.17) is 0 Å². The number of thiophene rings is 1. The molecular weight excluding hydrogens is 611 g/mol. The van der Waals surface area contributed by atoms with Crippen molar-refractivity contribution in [3.63, 3.8) is 0 Å². The Balaban J connectivity index is 1.07. The van der Waals surface area contributed by atoms with Gasteiger partial charge in [-0.05, 0) is 119 Å². The second-order valence-electron chi connectivity index (χ2n) is 14.7. The quantitative estimate of drug-likeness (QED) is 0.183. The summed E-state index contributed by atoms with van der Waals surface area (Å²) in [6, 6.07) is 52.7. The number of anilines is 3. The van der Waals surface area contributed by atoms with Crippen LogP contribution in [-0.4, -0.2) is 0 Å². The van der Waals surface area contributed by atoms with Crippen LogP contribution < -0.4 is 4.90 Å². The van der Waals surface area contributed by atoms with E-state index in [1.165, 1.54) is 111 Å². The van der Waals surface area contributed by atoms with Crippen molar-refractivity contribution in [2.45, 2.75) is 56.8 Å². The maximum atomic E-state index is 2.53. The molecule has 0 saturated heterocycles. The van der Waals surface area contributed by atoms with E-state index in [0.717, 1.165) is 11.8 Å². The predicted molar refractivity (Wildman–Crippen MR) is 210 cm³/mol. The molecule has 7 aromatic rings. The fourth-order valence-electron chi connectivity index (χ4n) is 10.0. The van der Waals surface area contributed by atoms with Gasteiger partial charge in [-0.3, -0.25) is 0 Å². The van der Waals surface area contributed by atoms with Crippen LogP contribution in [0, 0.1) is 11.8 Å². The standard InChI is InChI=1S/C47H41NS/c1-2-14-36(15-3-1)48(37-23-20-33(21-24-37)34-22-27-46-42(30-34)40-17-5-7-19-45(40)49-46)38-25-26-44-41(31-38)39-16-4-6-18-43(39)47(44)28-9-8-11-32-12-10-13-35(47)29-32/h1-7,14-27,30-32,35H,8-13,28-29H2. The second-order valence-corrected chi connectivity index (χ2v) is 15.8. The highest BCUT2D eigenvalue weighted by Gasteiger charge is 2.49. The van der Waals surface area contributed by atoms with Crippen LogP contribution in [0.1, 0.15) is 62.5 Å². The third-order valence-corrected chi connectivity index (χ3v) is 13.4. The van der Waals surface area contributed by atoms with Gasteiger partial charge in [-0.15, -0.1) is 11.3 Å². The largest absolute Gasteiger partial charge is 0.310 e. The number of para-hydroxylation sites is 1. The van der Waals surface area contributed by atoms with Crippen LogP contribution in [-0.2, 0) is 5.41 Å². The van der Waals surface area contributed by atoms with Crippen molar-refractivity contribution in [2.24, 2.45) is 11.8 Å². The molecule has 2 saturated carbocycles. The van der Waals surface area contributed by atoms with Crippen LogP contribution >= 0.6 is 11.3 Å². The molecule has 0 N–H and O–H groups in total.